The summed E-state index contributed by atoms with van der Waals surface area (Å²) in [5.41, 5.74) is 0. The van der Waals surface area contributed by atoms with Gasteiger partial charge in [0.25, 0.3) is 0 Å². The van der Waals surface area contributed by atoms with Gasteiger partial charge in [0.15, 0.2) is 5.96 Å². The molecule has 0 spiro atoms. The predicted octanol–water partition coefficient (Wildman–Crippen LogP) is 2.05. The summed E-state index contributed by atoms with van der Waals surface area (Å²) in [6, 6.07) is 0. The number of aliphatic imine (C=N–C) groups is 1. The zero-order valence-electron chi connectivity index (χ0n) is 10.7. The fraction of sp³-hybridized carbons (Fsp3) is 0.909. The van der Waals surface area contributed by atoms with Gasteiger partial charge in [0.1, 0.15) is 0 Å². The minimum absolute atomic E-state index is 0.626. The first-order valence-electron chi connectivity index (χ1n) is 5.60. The zero-order valence-corrected chi connectivity index (χ0v) is 11.5. The van der Waals surface area contributed by atoms with Gasteiger partial charge >= 0.3 is 0 Å². The number of guanidine groups is 1. The third-order valence-electron chi connectivity index (χ3n) is 2.37. The van der Waals surface area contributed by atoms with Crippen LogP contribution in [0.3, 0.4) is 0 Å². The van der Waals surface area contributed by atoms with Crippen molar-refractivity contribution in [3.63, 3.8) is 0 Å². The van der Waals surface area contributed by atoms with Gasteiger partial charge in [0, 0.05) is 32.4 Å². The van der Waals surface area contributed by atoms with Crippen LogP contribution in [0.2, 0.25) is 0 Å². The number of hydrogen-bond donors (Lipinski definition) is 1. The van der Waals surface area contributed by atoms with Gasteiger partial charge in [-0.3, -0.25) is 4.99 Å². The molecule has 1 N–H and O–H groups in total. The summed E-state index contributed by atoms with van der Waals surface area (Å²) in [7, 11) is 3.93. The molecule has 0 heterocycles. The first-order chi connectivity index (χ1) is 7.15. The topological polar surface area (TPSA) is 27.6 Å². The highest BCUT2D eigenvalue weighted by molar-refractivity contribution is 7.99. The van der Waals surface area contributed by atoms with Crippen molar-refractivity contribution in [2.45, 2.75) is 31.9 Å². The van der Waals surface area contributed by atoms with E-state index in [1.807, 2.05) is 18.8 Å². The van der Waals surface area contributed by atoms with Crippen LogP contribution in [0.4, 0.5) is 0 Å². The Bertz CT molecular complexity index is 183. The Balaban J connectivity index is 3.91. The van der Waals surface area contributed by atoms with Crippen LogP contribution < -0.4 is 5.32 Å². The highest BCUT2D eigenvalue weighted by Crippen LogP contribution is 2.02. The molecular weight excluding hydrogens is 206 g/mol. The molecule has 4 heteroatoms. The molecule has 0 aromatic carbocycles. The summed E-state index contributed by atoms with van der Waals surface area (Å²) in [5, 5.41) is 4.01. The van der Waals surface area contributed by atoms with E-state index in [9.17, 15) is 0 Å². The third-order valence-corrected chi connectivity index (χ3v) is 3.34. The second kappa shape index (κ2) is 8.89. The van der Waals surface area contributed by atoms with Crippen LogP contribution in [0.25, 0.3) is 0 Å². The number of unbranched alkanes of at least 4 members (excludes halogenated alkanes) is 1. The third kappa shape index (κ3) is 6.66. The number of nitrogens with one attached hydrogen (secondary N) is 1. The lowest BCUT2D eigenvalue weighted by molar-refractivity contribution is 0.465. The monoisotopic (exact) mass is 231 g/mol. The average molecular weight is 231 g/mol. The van der Waals surface area contributed by atoms with Gasteiger partial charge in [0.05, 0.1) is 0 Å². The summed E-state index contributed by atoms with van der Waals surface area (Å²) >= 11 is 1.87. The maximum absolute atomic E-state index is 4.27. The summed E-state index contributed by atoms with van der Waals surface area (Å²) in [5.74, 6) is 1.00. The standard InChI is InChI=1S/C11H25N3S/c1-6-7-8-14(4)11(12-3)13-9-10(2)15-5/h10H,6-9H2,1-5H3,(H,12,13). The maximum Gasteiger partial charge on any atom is 0.193 e. The molecule has 0 aliphatic carbocycles. The molecule has 0 saturated heterocycles. The van der Waals surface area contributed by atoms with Gasteiger partial charge in [-0.25, -0.2) is 0 Å². The van der Waals surface area contributed by atoms with Gasteiger partial charge in [0.2, 0.25) is 0 Å². The fourth-order valence-electron chi connectivity index (χ4n) is 1.20. The lowest BCUT2D eigenvalue weighted by Crippen LogP contribution is -2.41. The highest BCUT2D eigenvalue weighted by atomic mass is 32.2. The molecule has 0 saturated carbocycles. The van der Waals surface area contributed by atoms with E-state index >= 15 is 0 Å². The molecule has 0 aromatic rings. The van der Waals surface area contributed by atoms with Crippen molar-refractivity contribution in [3.05, 3.63) is 0 Å². The molecule has 15 heavy (non-hydrogen) atoms. The summed E-state index contributed by atoms with van der Waals surface area (Å²) in [6.07, 6.45) is 4.58. The summed E-state index contributed by atoms with van der Waals surface area (Å²) in [6.45, 7) is 6.48. The second-order valence-corrected chi connectivity index (χ2v) is 5.03. The summed E-state index contributed by atoms with van der Waals surface area (Å²) in [4.78, 5) is 6.46. The lowest BCUT2D eigenvalue weighted by atomic mass is 10.3. The predicted molar refractivity (Wildman–Crippen MR) is 71.9 cm³/mol. The van der Waals surface area contributed by atoms with E-state index in [-0.39, 0.29) is 0 Å². The van der Waals surface area contributed by atoms with Crippen LogP contribution in [-0.2, 0) is 0 Å². The van der Waals surface area contributed by atoms with Crippen LogP contribution in [0.1, 0.15) is 26.7 Å². The molecule has 0 bridgehead atoms. The van der Waals surface area contributed by atoms with Crippen LogP contribution >= 0.6 is 11.8 Å². The van der Waals surface area contributed by atoms with Gasteiger partial charge in [-0.1, -0.05) is 20.3 Å². The SMILES string of the molecule is CCCCN(C)C(=NC)NCC(C)SC. The van der Waals surface area contributed by atoms with Gasteiger partial charge in [-0.05, 0) is 12.7 Å². The molecule has 3 nitrogen and oxygen atoms in total. The first-order valence-corrected chi connectivity index (χ1v) is 6.89. The number of thioether (sulfide) groups is 1. The molecule has 90 valence electrons. The molecule has 0 aromatic heterocycles. The Morgan fingerprint density at radius 3 is 2.67 bits per heavy atom. The largest absolute Gasteiger partial charge is 0.355 e. The zero-order chi connectivity index (χ0) is 11.7. The molecular formula is C11H25N3S. The molecule has 1 atom stereocenters. The van der Waals surface area contributed by atoms with E-state index < -0.39 is 0 Å². The van der Waals surface area contributed by atoms with Gasteiger partial charge in [-0.15, -0.1) is 0 Å². The number of nitrogens with zero attached hydrogens (tertiary/aromatic N) is 2. The van der Waals surface area contributed by atoms with Gasteiger partial charge in [-0.2, -0.15) is 11.8 Å². The van der Waals surface area contributed by atoms with Crippen LogP contribution in [-0.4, -0.2) is 49.6 Å². The minimum Gasteiger partial charge on any atom is -0.355 e. The van der Waals surface area contributed by atoms with Crippen molar-refractivity contribution >= 4 is 17.7 Å². The van der Waals surface area contributed by atoms with E-state index in [1.54, 1.807) is 0 Å². The van der Waals surface area contributed by atoms with Crippen molar-refractivity contribution in [1.82, 2.24) is 10.2 Å². The van der Waals surface area contributed by atoms with Gasteiger partial charge < -0.3 is 10.2 Å². The van der Waals surface area contributed by atoms with E-state index in [0.717, 1.165) is 19.0 Å². The van der Waals surface area contributed by atoms with Crippen molar-refractivity contribution in [2.75, 3.05) is 33.4 Å². The Labute approximate surface area is 98.7 Å². The van der Waals surface area contributed by atoms with Crippen LogP contribution in [0.5, 0.6) is 0 Å². The Morgan fingerprint density at radius 2 is 2.20 bits per heavy atom. The van der Waals surface area contributed by atoms with Crippen molar-refractivity contribution in [3.8, 4) is 0 Å². The second-order valence-electron chi connectivity index (χ2n) is 3.75. The smallest absolute Gasteiger partial charge is 0.193 e. The molecule has 0 radical (unpaired) electrons. The molecule has 1 unspecified atom stereocenters. The Hall–Kier alpha value is -0.380. The first kappa shape index (κ1) is 14.6. The highest BCUT2D eigenvalue weighted by Gasteiger charge is 2.06. The van der Waals surface area contributed by atoms with E-state index in [2.05, 4.69) is 42.4 Å². The van der Waals surface area contributed by atoms with Crippen molar-refractivity contribution in [2.24, 2.45) is 4.99 Å². The molecule has 0 fully saturated rings. The van der Waals surface area contributed by atoms with Crippen molar-refractivity contribution < 1.29 is 0 Å². The van der Waals surface area contributed by atoms with E-state index in [1.165, 1.54) is 12.8 Å². The number of rotatable bonds is 6. The molecule has 0 rings (SSSR count). The Morgan fingerprint density at radius 1 is 1.53 bits per heavy atom. The van der Waals surface area contributed by atoms with E-state index in [4.69, 9.17) is 0 Å². The molecule has 0 aliphatic rings. The average Bonchev–Trinajstić information content (AvgIpc) is 2.26. The van der Waals surface area contributed by atoms with Crippen LogP contribution in [0, 0.1) is 0 Å². The minimum atomic E-state index is 0.626. The quantitative estimate of drug-likeness (QED) is 0.560. The fourth-order valence-corrected chi connectivity index (χ4v) is 1.45. The molecule has 0 amide bonds. The van der Waals surface area contributed by atoms with E-state index in [0.29, 0.717) is 5.25 Å². The Kier molecular flexibility index (Phi) is 8.67. The lowest BCUT2D eigenvalue weighted by Gasteiger charge is -2.22. The van der Waals surface area contributed by atoms with Crippen molar-refractivity contribution in [1.29, 1.82) is 0 Å². The summed E-state index contributed by atoms with van der Waals surface area (Å²) < 4.78 is 0. The number of hydrogen-bond acceptors (Lipinski definition) is 2. The normalized spacial score (nSPS) is 13.8. The molecule has 0 aliphatic heterocycles. The maximum atomic E-state index is 4.27. The van der Waals surface area contributed by atoms with Crippen LogP contribution in [0.15, 0.2) is 4.99 Å².